The van der Waals surface area contributed by atoms with Crippen LogP contribution in [0.3, 0.4) is 0 Å². The Kier molecular flexibility index (Phi) is 7.82. The molecule has 1 N–H and O–H groups in total. The second-order valence-electron chi connectivity index (χ2n) is 8.79. The van der Waals surface area contributed by atoms with Crippen LogP contribution in [-0.4, -0.2) is 38.0 Å². The molecule has 5 rings (SSSR count). The molecule has 0 saturated carbocycles. The maximum absolute atomic E-state index is 13.7. The van der Waals surface area contributed by atoms with E-state index in [0.717, 1.165) is 28.8 Å². The number of rotatable bonds is 8. The first-order valence-electron chi connectivity index (χ1n) is 12.6. The van der Waals surface area contributed by atoms with Gasteiger partial charge in [0.15, 0.2) is 5.65 Å². The number of amides is 1. The molecular weight excluding hydrogens is 506 g/mol. The van der Waals surface area contributed by atoms with E-state index in [2.05, 4.69) is 20.3 Å². The number of aromatic nitrogens is 4. The lowest BCUT2D eigenvalue weighted by Gasteiger charge is -2.13. The molecular formula is C31H25N5O4. The smallest absolute Gasteiger partial charge is 0.330 e. The number of pyridine rings is 2. The van der Waals surface area contributed by atoms with Crippen molar-refractivity contribution in [2.75, 3.05) is 11.9 Å². The molecule has 0 aliphatic carbocycles. The molecule has 9 heteroatoms. The van der Waals surface area contributed by atoms with Gasteiger partial charge in [-0.25, -0.2) is 14.8 Å². The lowest BCUT2D eigenvalue weighted by atomic mass is 10.0. The van der Waals surface area contributed by atoms with E-state index in [1.165, 1.54) is 0 Å². The van der Waals surface area contributed by atoms with E-state index < -0.39 is 11.9 Å². The number of fused-ring (bicyclic) bond motifs is 1. The number of carbonyl (C=O) groups excluding carboxylic acids is 2. The number of hydrogen-bond donors (Lipinski definition) is 1. The van der Waals surface area contributed by atoms with Crippen molar-refractivity contribution in [1.82, 2.24) is 19.5 Å². The van der Waals surface area contributed by atoms with Gasteiger partial charge in [0, 0.05) is 42.9 Å². The number of ether oxygens (including phenoxy) is 1. The van der Waals surface area contributed by atoms with E-state index in [-0.39, 0.29) is 12.2 Å². The van der Waals surface area contributed by atoms with Gasteiger partial charge in [0.2, 0.25) is 5.91 Å². The van der Waals surface area contributed by atoms with Crippen molar-refractivity contribution in [3.8, 4) is 16.8 Å². The van der Waals surface area contributed by atoms with Crippen molar-refractivity contribution in [3.63, 3.8) is 0 Å². The number of nitrogens with zero attached hydrogens (tertiary/aromatic N) is 4. The topological polar surface area (TPSA) is 116 Å². The van der Waals surface area contributed by atoms with Gasteiger partial charge in [-0.1, -0.05) is 30.3 Å². The molecule has 198 valence electrons. The van der Waals surface area contributed by atoms with E-state index in [0.29, 0.717) is 34.7 Å². The first-order valence-corrected chi connectivity index (χ1v) is 12.6. The molecule has 0 atom stereocenters. The molecule has 0 aliphatic heterocycles. The quantitative estimate of drug-likeness (QED) is 0.232. The van der Waals surface area contributed by atoms with Gasteiger partial charge in [0.25, 0.3) is 5.56 Å². The summed E-state index contributed by atoms with van der Waals surface area (Å²) >= 11 is 0. The summed E-state index contributed by atoms with van der Waals surface area (Å²) in [5, 5.41) is 2.75. The molecule has 3 heterocycles. The number of esters is 1. The van der Waals surface area contributed by atoms with Crippen molar-refractivity contribution in [3.05, 3.63) is 125 Å². The molecule has 40 heavy (non-hydrogen) atoms. The number of hydrogen-bond acceptors (Lipinski definition) is 7. The predicted molar refractivity (Wildman–Crippen MR) is 152 cm³/mol. The molecule has 0 fully saturated rings. The summed E-state index contributed by atoms with van der Waals surface area (Å²) in [7, 11) is 0. The minimum absolute atomic E-state index is 0.231. The Morgan fingerprint density at radius 1 is 0.950 bits per heavy atom. The third-order valence-electron chi connectivity index (χ3n) is 6.00. The summed E-state index contributed by atoms with van der Waals surface area (Å²) in [5.41, 5.74) is 4.90. The summed E-state index contributed by atoms with van der Waals surface area (Å²) in [6.45, 7) is 1.92. The molecule has 0 unspecified atom stereocenters. The Bertz CT molecular complexity index is 1780. The average Bonchev–Trinajstić information content (AvgIpc) is 2.97. The number of carbonyl (C=O) groups is 2. The fourth-order valence-corrected chi connectivity index (χ4v) is 4.24. The van der Waals surface area contributed by atoms with Gasteiger partial charge in [0.05, 0.1) is 12.3 Å². The fourth-order valence-electron chi connectivity index (χ4n) is 4.24. The van der Waals surface area contributed by atoms with Crippen molar-refractivity contribution in [2.24, 2.45) is 0 Å². The van der Waals surface area contributed by atoms with Crippen LogP contribution in [0.25, 0.3) is 28.0 Å². The van der Waals surface area contributed by atoms with E-state index in [4.69, 9.17) is 4.74 Å². The molecule has 5 aromatic rings. The second kappa shape index (κ2) is 12.0. The highest BCUT2D eigenvalue weighted by Gasteiger charge is 2.15. The molecule has 0 saturated heterocycles. The van der Waals surface area contributed by atoms with Crippen LogP contribution >= 0.6 is 0 Å². The Balaban J connectivity index is 1.49. The minimum Gasteiger partial charge on any atom is -0.463 e. The van der Waals surface area contributed by atoms with Crippen LogP contribution < -0.4 is 10.9 Å². The highest BCUT2D eigenvalue weighted by molar-refractivity contribution is 6.02. The minimum atomic E-state index is -0.583. The number of nitrogens with one attached hydrogen (secondary N) is 1. The van der Waals surface area contributed by atoms with E-state index in [9.17, 15) is 14.4 Å². The lowest BCUT2D eigenvalue weighted by molar-refractivity contribution is -0.137. The normalized spacial score (nSPS) is 11.0. The van der Waals surface area contributed by atoms with Crippen LogP contribution in [-0.2, 0) is 20.7 Å². The zero-order chi connectivity index (χ0) is 27.9. The maximum Gasteiger partial charge on any atom is 0.330 e. The molecule has 9 nitrogen and oxygen atoms in total. The zero-order valence-corrected chi connectivity index (χ0v) is 21.7. The number of anilines is 1. The predicted octanol–water partition coefficient (Wildman–Crippen LogP) is 4.49. The van der Waals surface area contributed by atoms with Gasteiger partial charge >= 0.3 is 5.97 Å². The molecule has 3 aromatic heterocycles. The van der Waals surface area contributed by atoms with Crippen LogP contribution in [0.4, 0.5) is 5.69 Å². The van der Waals surface area contributed by atoms with Gasteiger partial charge in [-0.15, -0.1) is 0 Å². The largest absolute Gasteiger partial charge is 0.463 e. The van der Waals surface area contributed by atoms with Gasteiger partial charge in [-0.3, -0.25) is 19.1 Å². The maximum atomic E-state index is 13.7. The molecule has 0 bridgehead atoms. The van der Waals surface area contributed by atoms with E-state index >= 15 is 0 Å². The highest BCUT2D eigenvalue weighted by atomic mass is 16.5. The average molecular weight is 532 g/mol. The summed E-state index contributed by atoms with van der Waals surface area (Å²) in [6.07, 6.45) is 7.59. The van der Waals surface area contributed by atoms with Crippen molar-refractivity contribution < 1.29 is 14.3 Å². The first-order chi connectivity index (χ1) is 19.5. The van der Waals surface area contributed by atoms with Crippen LogP contribution in [0.1, 0.15) is 18.2 Å². The summed E-state index contributed by atoms with van der Waals surface area (Å²) in [5.74, 6) is -1.04. The van der Waals surface area contributed by atoms with Crippen molar-refractivity contribution in [1.29, 1.82) is 0 Å². The van der Waals surface area contributed by atoms with Gasteiger partial charge in [-0.2, -0.15) is 0 Å². The molecule has 0 radical (unpaired) electrons. The summed E-state index contributed by atoms with van der Waals surface area (Å²) in [6, 6.07) is 22.2. The summed E-state index contributed by atoms with van der Waals surface area (Å²) in [4.78, 5) is 50.7. The van der Waals surface area contributed by atoms with Gasteiger partial charge < -0.3 is 10.1 Å². The van der Waals surface area contributed by atoms with Crippen LogP contribution in [0.2, 0.25) is 0 Å². The molecule has 0 aliphatic rings. The molecule has 1 amide bonds. The van der Waals surface area contributed by atoms with Crippen molar-refractivity contribution >= 4 is 28.7 Å². The Morgan fingerprint density at radius 3 is 2.55 bits per heavy atom. The monoisotopic (exact) mass is 531 g/mol. The van der Waals surface area contributed by atoms with Gasteiger partial charge in [0.1, 0.15) is 11.2 Å². The highest BCUT2D eigenvalue weighted by Crippen LogP contribution is 2.25. The summed E-state index contributed by atoms with van der Waals surface area (Å²) < 4.78 is 6.37. The Labute approximate surface area is 229 Å². The molecule has 0 spiro atoms. The van der Waals surface area contributed by atoms with E-state index in [1.54, 1.807) is 42.2 Å². The lowest BCUT2D eigenvalue weighted by Crippen LogP contribution is -2.25. The number of benzene rings is 2. The Morgan fingerprint density at radius 2 is 1.75 bits per heavy atom. The van der Waals surface area contributed by atoms with Crippen LogP contribution in [0, 0.1) is 0 Å². The zero-order valence-electron chi connectivity index (χ0n) is 21.7. The standard InChI is InChI=1S/C31H25N5O4/c1-2-40-29(38)14-13-28(37)34-24-10-3-8-22(18-24)23-9-4-11-25(19-23)36-30-26(12-6-16-33-30)35-27(31(36)39)17-21-7-5-15-32-20-21/h3-16,18-20H,2,17H2,1H3,(H,34,37)/b14-13+. The van der Waals surface area contributed by atoms with Crippen molar-refractivity contribution in [2.45, 2.75) is 13.3 Å². The third kappa shape index (κ3) is 5.99. The molecule has 2 aromatic carbocycles. The first kappa shape index (κ1) is 26.2. The van der Waals surface area contributed by atoms with Crippen LogP contribution in [0.15, 0.2) is 108 Å². The Hall–Kier alpha value is -5.44. The fraction of sp³-hybridized carbons (Fsp3) is 0.0968. The second-order valence-corrected chi connectivity index (χ2v) is 8.79. The SMILES string of the molecule is CCOC(=O)/C=C/C(=O)Nc1cccc(-c2cccc(-n3c(=O)c(Cc4cccnc4)nc4cccnc43)c2)c1. The van der Waals surface area contributed by atoms with E-state index in [1.807, 2.05) is 60.7 Å². The van der Waals surface area contributed by atoms with Crippen LogP contribution in [0.5, 0.6) is 0 Å². The third-order valence-corrected chi connectivity index (χ3v) is 6.00. The van der Waals surface area contributed by atoms with Gasteiger partial charge in [-0.05, 0) is 66.1 Å².